The number of allylic oxidation sites excluding steroid dienone is 1. The Bertz CT molecular complexity index is 1220. The van der Waals surface area contributed by atoms with Gasteiger partial charge >= 0.3 is 6.03 Å². The van der Waals surface area contributed by atoms with Crippen molar-refractivity contribution in [2.24, 2.45) is 20.0 Å². The lowest BCUT2D eigenvalue weighted by Gasteiger charge is -2.23. The summed E-state index contributed by atoms with van der Waals surface area (Å²) in [4.78, 5) is 49.1. The molecule has 0 spiro atoms. The molecule has 2 aliphatic heterocycles. The minimum Gasteiger partial charge on any atom is -0.348 e. The molecule has 3 aliphatic rings. The molecule has 146 valence electrons. The number of urea groups is 1. The first kappa shape index (κ1) is 17.9. The first-order chi connectivity index (χ1) is 14.6. The van der Waals surface area contributed by atoms with E-state index in [0.717, 1.165) is 5.56 Å². The number of hydrogen-bond acceptors (Lipinski definition) is 7. The molecule has 0 fully saturated rings. The summed E-state index contributed by atoms with van der Waals surface area (Å²) >= 11 is 0. The lowest BCUT2D eigenvalue weighted by Crippen LogP contribution is -2.40. The zero-order valence-corrected chi connectivity index (χ0v) is 15.9. The van der Waals surface area contributed by atoms with Gasteiger partial charge in [0.1, 0.15) is 18.1 Å². The van der Waals surface area contributed by atoms with Crippen LogP contribution in [-0.4, -0.2) is 51.3 Å². The molecule has 2 aromatic rings. The number of aliphatic imine (C=N–C) groups is 4. The number of benzene rings is 1. The van der Waals surface area contributed by atoms with Crippen LogP contribution in [0.15, 0.2) is 74.2 Å². The van der Waals surface area contributed by atoms with Crippen LogP contribution in [-0.2, 0) is 4.79 Å². The van der Waals surface area contributed by atoms with Crippen molar-refractivity contribution in [1.29, 1.82) is 0 Å². The Morgan fingerprint density at radius 1 is 1.03 bits per heavy atom. The van der Waals surface area contributed by atoms with Crippen molar-refractivity contribution < 1.29 is 9.59 Å². The monoisotopic (exact) mass is 397 g/mol. The molecule has 1 aromatic heterocycles. The van der Waals surface area contributed by atoms with Crippen LogP contribution in [0, 0.1) is 0 Å². The van der Waals surface area contributed by atoms with Gasteiger partial charge in [0.05, 0.1) is 23.2 Å². The molecule has 9 nitrogen and oxygen atoms in total. The molecule has 1 unspecified atom stereocenters. The van der Waals surface area contributed by atoms with Gasteiger partial charge in [-0.3, -0.25) is 9.79 Å². The van der Waals surface area contributed by atoms with E-state index in [1.165, 1.54) is 6.34 Å². The number of rotatable bonds is 4. The number of amides is 2. The molecule has 2 atom stereocenters. The number of nitrogens with one attached hydrogen (secondary N) is 1. The van der Waals surface area contributed by atoms with E-state index in [0.29, 0.717) is 22.9 Å². The van der Waals surface area contributed by atoms with Gasteiger partial charge in [-0.05, 0) is 24.6 Å². The lowest BCUT2D eigenvalue weighted by molar-refractivity contribution is -0.113. The molecule has 1 aliphatic carbocycles. The Hall–Kier alpha value is -4.14. The number of Topliss-reactive ketones (excluding diaryl/α,β-unsaturated/α-hetero) is 1. The maximum Gasteiger partial charge on any atom is 0.368 e. The smallest absolute Gasteiger partial charge is 0.348 e. The van der Waals surface area contributed by atoms with Crippen LogP contribution in [0.5, 0.6) is 0 Å². The van der Waals surface area contributed by atoms with Crippen LogP contribution in [0.3, 0.4) is 0 Å². The van der Waals surface area contributed by atoms with Crippen molar-refractivity contribution in [1.82, 2.24) is 9.97 Å². The van der Waals surface area contributed by atoms with Gasteiger partial charge in [0, 0.05) is 11.8 Å². The third-order valence-corrected chi connectivity index (χ3v) is 4.95. The van der Waals surface area contributed by atoms with Crippen molar-refractivity contribution >= 4 is 41.2 Å². The molecular formula is C21H15N7O2. The van der Waals surface area contributed by atoms with Crippen LogP contribution in [0.1, 0.15) is 24.2 Å². The number of carbonyl (C=O) groups excluding carboxylic acids is 2. The van der Waals surface area contributed by atoms with Crippen molar-refractivity contribution in [3.63, 3.8) is 0 Å². The summed E-state index contributed by atoms with van der Waals surface area (Å²) in [6.07, 6.45) is 4.59. The zero-order chi connectivity index (χ0) is 20.7. The van der Waals surface area contributed by atoms with Crippen molar-refractivity contribution in [3.8, 4) is 0 Å². The average Bonchev–Trinajstić information content (AvgIpc) is 3.15. The van der Waals surface area contributed by atoms with Crippen molar-refractivity contribution in [3.05, 3.63) is 65.5 Å². The molecule has 0 saturated carbocycles. The SMILES string of the molecule is C[C@H](Nc1nccc(C2=NC=NC3C(=O)C4=NC(=O)N=C4C=C23)n1)c1ccccc1. The molecule has 5 rings (SSSR count). The standard InChI is InChI=1S/C21H15N7O2/c1-11(12-5-3-2-4-6-12)25-20-22-8-7-14(26-20)16-13-9-15-18(28-21(30)27-15)19(29)17(13)24-10-23-16/h2-11,17H,1H3,(H,22,25,26)/t11-,17?/m0/s1. The third-order valence-electron chi connectivity index (χ3n) is 4.95. The highest BCUT2D eigenvalue weighted by atomic mass is 16.2. The van der Waals surface area contributed by atoms with Gasteiger partial charge in [-0.25, -0.2) is 19.8 Å². The van der Waals surface area contributed by atoms with Gasteiger partial charge < -0.3 is 5.32 Å². The fourth-order valence-electron chi connectivity index (χ4n) is 3.48. The maximum absolute atomic E-state index is 12.7. The summed E-state index contributed by atoms with van der Waals surface area (Å²) in [5.74, 6) is 0.0647. The van der Waals surface area contributed by atoms with Gasteiger partial charge in [0.2, 0.25) is 11.7 Å². The molecule has 0 saturated heterocycles. The van der Waals surface area contributed by atoms with Crippen LogP contribution >= 0.6 is 0 Å². The minimum absolute atomic E-state index is 0.00263. The molecule has 1 N–H and O–H groups in total. The molecule has 1 aromatic carbocycles. The quantitative estimate of drug-likeness (QED) is 0.849. The van der Waals surface area contributed by atoms with Crippen LogP contribution in [0.4, 0.5) is 10.7 Å². The van der Waals surface area contributed by atoms with Crippen molar-refractivity contribution in [2.75, 3.05) is 5.32 Å². The van der Waals surface area contributed by atoms with Gasteiger partial charge in [0.15, 0.2) is 0 Å². The van der Waals surface area contributed by atoms with Gasteiger partial charge in [-0.15, -0.1) is 0 Å². The minimum atomic E-state index is -0.810. The van der Waals surface area contributed by atoms with E-state index in [9.17, 15) is 9.59 Å². The third kappa shape index (κ3) is 3.06. The Labute approximate surface area is 171 Å². The van der Waals surface area contributed by atoms with E-state index < -0.39 is 12.1 Å². The predicted octanol–water partition coefficient (Wildman–Crippen LogP) is 2.37. The van der Waals surface area contributed by atoms with E-state index >= 15 is 0 Å². The molecule has 0 bridgehead atoms. The second-order valence-electron chi connectivity index (χ2n) is 6.89. The van der Waals surface area contributed by atoms with E-state index in [4.69, 9.17) is 0 Å². The lowest BCUT2D eigenvalue weighted by atomic mass is 9.86. The summed E-state index contributed by atoms with van der Waals surface area (Å²) in [7, 11) is 0. The van der Waals surface area contributed by atoms with Crippen LogP contribution in [0.2, 0.25) is 0 Å². The number of fused-ring (bicyclic) bond motifs is 2. The number of nitrogens with zero attached hydrogens (tertiary/aromatic N) is 6. The normalized spacial score (nSPS) is 20.5. The number of hydrogen-bond donors (Lipinski definition) is 1. The van der Waals surface area contributed by atoms with Crippen LogP contribution in [0.25, 0.3) is 0 Å². The molecule has 9 heteroatoms. The van der Waals surface area contributed by atoms with E-state index in [1.807, 2.05) is 37.3 Å². The second-order valence-corrected chi connectivity index (χ2v) is 6.89. The molecule has 3 heterocycles. The van der Waals surface area contributed by atoms with E-state index in [1.54, 1.807) is 18.3 Å². The average molecular weight is 397 g/mol. The summed E-state index contributed by atoms with van der Waals surface area (Å²) in [5, 5.41) is 3.28. The molecule has 0 radical (unpaired) electrons. The first-order valence-corrected chi connectivity index (χ1v) is 9.32. The number of carbonyl (C=O) groups is 2. The highest BCUT2D eigenvalue weighted by Crippen LogP contribution is 2.25. The second kappa shape index (κ2) is 7.03. The fourth-order valence-corrected chi connectivity index (χ4v) is 3.48. The number of anilines is 1. The topological polar surface area (TPSA) is 121 Å². The summed E-state index contributed by atoms with van der Waals surface area (Å²) in [6, 6.07) is 10.2. The van der Waals surface area contributed by atoms with Gasteiger partial charge in [0.25, 0.3) is 0 Å². The largest absolute Gasteiger partial charge is 0.368 e. The summed E-state index contributed by atoms with van der Waals surface area (Å²) < 4.78 is 0. The summed E-state index contributed by atoms with van der Waals surface area (Å²) in [5.41, 5.74) is 2.95. The Morgan fingerprint density at radius 2 is 1.87 bits per heavy atom. The van der Waals surface area contributed by atoms with Crippen LogP contribution < -0.4 is 5.32 Å². The zero-order valence-electron chi connectivity index (χ0n) is 15.9. The fraction of sp³-hybridized carbons (Fsp3) is 0.143. The Kier molecular flexibility index (Phi) is 4.20. The maximum atomic E-state index is 12.7. The number of ketones is 1. The highest BCUT2D eigenvalue weighted by Gasteiger charge is 2.40. The Morgan fingerprint density at radius 3 is 2.70 bits per heavy atom. The van der Waals surface area contributed by atoms with Gasteiger partial charge in [-0.1, -0.05) is 30.3 Å². The predicted molar refractivity (Wildman–Crippen MR) is 113 cm³/mol. The van der Waals surface area contributed by atoms with Gasteiger partial charge in [-0.2, -0.15) is 9.98 Å². The number of aromatic nitrogens is 2. The Balaban J connectivity index is 1.48. The van der Waals surface area contributed by atoms with E-state index in [2.05, 4.69) is 35.3 Å². The molecule has 2 amide bonds. The molecular weight excluding hydrogens is 382 g/mol. The summed E-state index contributed by atoms with van der Waals surface area (Å²) in [6.45, 7) is 2.02. The van der Waals surface area contributed by atoms with Crippen molar-refractivity contribution in [2.45, 2.75) is 19.0 Å². The van der Waals surface area contributed by atoms with E-state index in [-0.39, 0.29) is 23.2 Å². The highest BCUT2D eigenvalue weighted by molar-refractivity contribution is 6.75. The molecule has 30 heavy (non-hydrogen) atoms. The first-order valence-electron chi connectivity index (χ1n) is 9.32.